The quantitative estimate of drug-likeness (QED) is 0.818. The maximum atomic E-state index is 8.65. The predicted octanol–water partition coefficient (Wildman–Crippen LogP) is 2.81. The minimum Gasteiger partial charge on any atom is -0.311 e. The first-order valence-corrected chi connectivity index (χ1v) is 5.99. The van der Waals surface area contributed by atoms with Gasteiger partial charge in [0.15, 0.2) is 0 Å². The van der Waals surface area contributed by atoms with Gasteiger partial charge >= 0.3 is 0 Å². The fourth-order valence-corrected chi connectivity index (χ4v) is 1.80. The van der Waals surface area contributed by atoms with E-state index in [2.05, 4.69) is 35.7 Å². The molecule has 1 unspecified atom stereocenters. The van der Waals surface area contributed by atoms with Gasteiger partial charge < -0.3 is 5.32 Å². The van der Waals surface area contributed by atoms with Crippen LogP contribution in [0.25, 0.3) is 0 Å². The van der Waals surface area contributed by atoms with Crippen molar-refractivity contribution in [3.8, 4) is 6.07 Å². The fraction of sp³-hybridized carbons (Fsp3) is 0.500. The Bertz CT molecular complexity index is 371. The molecule has 0 bridgehead atoms. The monoisotopic (exact) mass is 214 g/mol. The van der Waals surface area contributed by atoms with Crippen LogP contribution in [0.5, 0.6) is 0 Å². The van der Waals surface area contributed by atoms with E-state index in [1.807, 2.05) is 6.92 Å². The summed E-state index contributed by atoms with van der Waals surface area (Å²) in [4.78, 5) is 0. The van der Waals surface area contributed by atoms with Crippen LogP contribution >= 0.6 is 0 Å². The molecule has 0 amide bonds. The van der Waals surface area contributed by atoms with Crippen LogP contribution in [0.15, 0.2) is 24.3 Å². The SMILES string of the molecule is CC(C#N)CNCc1ccc(C2CC2)cc1. The van der Waals surface area contributed by atoms with Crippen LogP contribution < -0.4 is 5.32 Å². The Morgan fingerprint density at radius 2 is 2.06 bits per heavy atom. The first-order chi connectivity index (χ1) is 7.79. The van der Waals surface area contributed by atoms with Gasteiger partial charge in [0.05, 0.1) is 12.0 Å². The third-order valence-electron chi connectivity index (χ3n) is 3.03. The lowest BCUT2D eigenvalue weighted by atomic mass is 10.1. The normalized spacial score (nSPS) is 16.8. The van der Waals surface area contributed by atoms with Gasteiger partial charge in [0.1, 0.15) is 0 Å². The van der Waals surface area contributed by atoms with Gasteiger partial charge in [-0.05, 0) is 36.8 Å². The van der Waals surface area contributed by atoms with Gasteiger partial charge in [-0.25, -0.2) is 0 Å². The van der Waals surface area contributed by atoms with Gasteiger partial charge in [0.2, 0.25) is 0 Å². The first-order valence-electron chi connectivity index (χ1n) is 5.99. The summed E-state index contributed by atoms with van der Waals surface area (Å²) in [6.07, 6.45) is 2.72. The van der Waals surface area contributed by atoms with Crippen LogP contribution in [0.2, 0.25) is 0 Å². The molecule has 1 N–H and O–H groups in total. The Morgan fingerprint density at radius 3 is 2.62 bits per heavy atom. The molecule has 0 spiro atoms. The third-order valence-corrected chi connectivity index (χ3v) is 3.03. The van der Waals surface area contributed by atoms with Gasteiger partial charge in [-0.15, -0.1) is 0 Å². The molecule has 1 saturated carbocycles. The Hall–Kier alpha value is -1.33. The second-order valence-corrected chi connectivity index (χ2v) is 4.68. The molecule has 0 aromatic heterocycles. The third kappa shape index (κ3) is 3.08. The summed E-state index contributed by atoms with van der Waals surface area (Å²) in [5, 5.41) is 11.9. The van der Waals surface area contributed by atoms with Gasteiger partial charge in [-0.3, -0.25) is 0 Å². The first kappa shape index (κ1) is 11.2. The summed E-state index contributed by atoms with van der Waals surface area (Å²) in [6, 6.07) is 11.1. The van der Waals surface area contributed by atoms with Crippen molar-refractivity contribution >= 4 is 0 Å². The topological polar surface area (TPSA) is 35.8 Å². The summed E-state index contributed by atoms with van der Waals surface area (Å²) < 4.78 is 0. The lowest BCUT2D eigenvalue weighted by Crippen LogP contribution is -2.19. The average molecular weight is 214 g/mol. The number of hydrogen-bond acceptors (Lipinski definition) is 2. The van der Waals surface area contributed by atoms with Crippen LogP contribution in [-0.4, -0.2) is 6.54 Å². The summed E-state index contributed by atoms with van der Waals surface area (Å²) in [5.74, 6) is 0.923. The van der Waals surface area contributed by atoms with Crippen LogP contribution in [-0.2, 0) is 6.54 Å². The van der Waals surface area contributed by atoms with Crippen molar-refractivity contribution in [2.75, 3.05) is 6.54 Å². The molecule has 1 aliphatic rings. The van der Waals surface area contributed by atoms with Gasteiger partial charge in [0.25, 0.3) is 0 Å². The second kappa shape index (κ2) is 5.14. The predicted molar refractivity (Wildman–Crippen MR) is 64.9 cm³/mol. The summed E-state index contributed by atoms with van der Waals surface area (Å²) in [7, 11) is 0. The minimum absolute atomic E-state index is 0.0886. The smallest absolute Gasteiger partial charge is 0.0666 e. The standard InChI is InChI=1S/C14H18N2/c1-11(8-15)9-16-10-12-2-4-13(5-3-12)14-6-7-14/h2-5,11,14,16H,6-7,9-10H2,1H3. The molecule has 0 heterocycles. The molecule has 2 rings (SSSR count). The highest BCUT2D eigenvalue weighted by molar-refractivity contribution is 5.27. The van der Waals surface area contributed by atoms with E-state index in [9.17, 15) is 0 Å². The Kier molecular flexibility index (Phi) is 3.58. The Labute approximate surface area is 97.3 Å². The molecule has 2 heteroatoms. The Balaban J connectivity index is 1.79. The van der Waals surface area contributed by atoms with E-state index < -0.39 is 0 Å². The van der Waals surface area contributed by atoms with Crippen molar-refractivity contribution in [3.05, 3.63) is 35.4 Å². The molecule has 1 aromatic rings. The molecule has 1 aromatic carbocycles. The number of nitrogens with one attached hydrogen (secondary N) is 1. The lowest BCUT2D eigenvalue weighted by molar-refractivity contribution is 0.601. The number of benzene rings is 1. The molecular formula is C14H18N2. The van der Waals surface area contributed by atoms with E-state index in [-0.39, 0.29) is 5.92 Å². The van der Waals surface area contributed by atoms with Crippen molar-refractivity contribution in [2.24, 2.45) is 5.92 Å². The molecular weight excluding hydrogens is 196 g/mol. The molecule has 16 heavy (non-hydrogen) atoms. The number of nitrogens with zero attached hydrogens (tertiary/aromatic N) is 1. The van der Waals surface area contributed by atoms with Crippen LogP contribution in [0, 0.1) is 17.2 Å². The zero-order valence-corrected chi connectivity index (χ0v) is 9.74. The number of hydrogen-bond donors (Lipinski definition) is 1. The van der Waals surface area contributed by atoms with E-state index in [1.165, 1.54) is 24.0 Å². The van der Waals surface area contributed by atoms with E-state index >= 15 is 0 Å². The molecule has 1 aliphatic carbocycles. The average Bonchev–Trinajstić information content (AvgIpc) is 3.14. The summed E-state index contributed by atoms with van der Waals surface area (Å²) >= 11 is 0. The maximum absolute atomic E-state index is 8.65. The van der Waals surface area contributed by atoms with E-state index in [4.69, 9.17) is 5.26 Å². The summed E-state index contributed by atoms with van der Waals surface area (Å²) in [5.41, 5.74) is 2.78. The molecule has 2 nitrogen and oxygen atoms in total. The van der Waals surface area contributed by atoms with E-state index in [0.717, 1.165) is 19.0 Å². The molecule has 0 saturated heterocycles. The lowest BCUT2D eigenvalue weighted by Gasteiger charge is -2.06. The van der Waals surface area contributed by atoms with Crippen molar-refractivity contribution in [3.63, 3.8) is 0 Å². The Morgan fingerprint density at radius 1 is 1.38 bits per heavy atom. The summed E-state index contributed by atoms with van der Waals surface area (Å²) in [6.45, 7) is 3.56. The highest BCUT2D eigenvalue weighted by Gasteiger charge is 2.22. The van der Waals surface area contributed by atoms with Crippen molar-refractivity contribution in [1.29, 1.82) is 5.26 Å². The highest BCUT2D eigenvalue weighted by Crippen LogP contribution is 2.39. The molecule has 0 aliphatic heterocycles. The zero-order chi connectivity index (χ0) is 11.4. The van der Waals surface area contributed by atoms with Crippen molar-refractivity contribution in [2.45, 2.75) is 32.2 Å². The largest absolute Gasteiger partial charge is 0.311 e. The van der Waals surface area contributed by atoms with Crippen molar-refractivity contribution in [1.82, 2.24) is 5.32 Å². The molecule has 1 fully saturated rings. The van der Waals surface area contributed by atoms with Crippen LogP contribution in [0.3, 0.4) is 0 Å². The number of rotatable bonds is 5. The fourth-order valence-electron chi connectivity index (χ4n) is 1.80. The van der Waals surface area contributed by atoms with E-state index in [0.29, 0.717) is 0 Å². The zero-order valence-electron chi connectivity index (χ0n) is 9.74. The van der Waals surface area contributed by atoms with Gasteiger partial charge in [-0.2, -0.15) is 5.26 Å². The minimum atomic E-state index is 0.0886. The van der Waals surface area contributed by atoms with Gasteiger partial charge in [-0.1, -0.05) is 24.3 Å². The molecule has 1 atom stereocenters. The van der Waals surface area contributed by atoms with E-state index in [1.54, 1.807) is 0 Å². The van der Waals surface area contributed by atoms with Crippen LogP contribution in [0.4, 0.5) is 0 Å². The highest BCUT2D eigenvalue weighted by atomic mass is 14.9. The second-order valence-electron chi connectivity index (χ2n) is 4.68. The van der Waals surface area contributed by atoms with Crippen molar-refractivity contribution < 1.29 is 0 Å². The van der Waals surface area contributed by atoms with Gasteiger partial charge in [0, 0.05) is 13.1 Å². The maximum Gasteiger partial charge on any atom is 0.0666 e. The molecule has 0 radical (unpaired) electrons. The molecule has 84 valence electrons. The number of nitriles is 1. The van der Waals surface area contributed by atoms with Crippen LogP contribution in [0.1, 0.15) is 36.8 Å².